The molecule has 1 aromatic heterocycles. The molecule has 1 aliphatic rings. The van der Waals surface area contributed by atoms with Crippen molar-refractivity contribution in [2.24, 2.45) is 0 Å². The molecule has 172 valence electrons. The molecule has 18 heteroatoms. The molecule has 30 heavy (non-hydrogen) atoms. The number of aliphatic hydroxyl groups is 4. The third kappa shape index (κ3) is 6.62. The Labute approximate surface area is 168 Å². The number of hydrogen-bond acceptors (Lipinski definition) is 13. The third-order valence-corrected chi connectivity index (χ3v) is 6.31. The molecule has 0 amide bonds. The van der Waals surface area contributed by atoms with E-state index in [1.54, 1.807) is 0 Å². The van der Waals surface area contributed by atoms with E-state index in [2.05, 4.69) is 18.3 Å². The van der Waals surface area contributed by atoms with Crippen LogP contribution < -0.4 is 11.4 Å². The van der Waals surface area contributed by atoms with Crippen LogP contribution in [0.3, 0.4) is 0 Å². The number of nitrogens with two attached hydrogens (primary N) is 1. The van der Waals surface area contributed by atoms with Crippen LogP contribution in [-0.2, 0) is 27.2 Å². The number of rotatable bonds is 10. The number of nitrogen functional groups attached to an aromatic ring is 1. The van der Waals surface area contributed by atoms with Crippen LogP contribution in [0.5, 0.6) is 0 Å². The summed E-state index contributed by atoms with van der Waals surface area (Å²) in [7, 11) is -10.4. The quantitative estimate of drug-likeness (QED) is 0.166. The SMILES string of the molecule is Nc1ccn(C2OC(COP(=O)(O)OP(=O)(O)OCC(O)CO)C(O)C2O)c(=O)n1. The second kappa shape index (κ2) is 9.91. The number of aromatic nitrogens is 2. The van der Waals surface area contributed by atoms with Crippen LogP contribution in [0.2, 0.25) is 0 Å². The van der Waals surface area contributed by atoms with Gasteiger partial charge in [-0.15, -0.1) is 0 Å². The molecule has 2 heterocycles. The highest BCUT2D eigenvalue weighted by molar-refractivity contribution is 7.61. The van der Waals surface area contributed by atoms with Crippen LogP contribution >= 0.6 is 15.6 Å². The lowest BCUT2D eigenvalue weighted by molar-refractivity contribution is -0.0543. The average molecular weight is 477 g/mol. The van der Waals surface area contributed by atoms with Crippen molar-refractivity contribution in [2.45, 2.75) is 30.6 Å². The Hall–Kier alpha value is -1.26. The van der Waals surface area contributed by atoms with Crippen LogP contribution in [0.15, 0.2) is 17.1 Å². The molecule has 2 rings (SSSR count). The fraction of sp³-hybridized carbons (Fsp3) is 0.667. The van der Waals surface area contributed by atoms with E-state index in [9.17, 15) is 33.9 Å². The first-order chi connectivity index (χ1) is 13.8. The number of aliphatic hydroxyl groups excluding tert-OH is 4. The maximum atomic E-state index is 11.8. The van der Waals surface area contributed by atoms with Crippen molar-refractivity contribution in [3.05, 3.63) is 22.7 Å². The Morgan fingerprint density at radius 2 is 1.87 bits per heavy atom. The average Bonchev–Trinajstić information content (AvgIpc) is 2.92. The first-order valence-corrected chi connectivity index (χ1v) is 11.2. The second-order valence-corrected chi connectivity index (χ2v) is 9.08. The van der Waals surface area contributed by atoms with Crippen molar-refractivity contribution in [3.8, 4) is 0 Å². The number of nitrogens with zero attached hydrogens (tertiary/aromatic N) is 2. The van der Waals surface area contributed by atoms with Gasteiger partial charge in [0.1, 0.15) is 30.2 Å². The fourth-order valence-electron chi connectivity index (χ4n) is 2.29. The van der Waals surface area contributed by atoms with Crippen molar-refractivity contribution in [2.75, 3.05) is 25.6 Å². The van der Waals surface area contributed by atoms with Crippen molar-refractivity contribution in [1.29, 1.82) is 0 Å². The van der Waals surface area contributed by atoms with E-state index in [1.807, 2.05) is 0 Å². The zero-order valence-corrected chi connectivity index (χ0v) is 16.9. The number of anilines is 1. The van der Waals surface area contributed by atoms with Gasteiger partial charge in [-0.1, -0.05) is 0 Å². The van der Waals surface area contributed by atoms with Gasteiger partial charge in [-0.3, -0.25) is 13.6 Å². The molecule has 1 aromatic rings. The third-order valence-electron chi connectivity index (χ3n) is 3.71. The standard InChI is InChI=1S/C12H21N3O13P2/c13-8-1-2-15(12(20)14-8)11-10(19)9(18)7(27-11)5-26-30(23,24)28-29(21,22)25-4-6(17)3-16/h1-2,6-7,9-11,16-19H,3-5H2,(H,21,22)(H,23,24)(H2,13,14,20). The maximum Gasteiger partial charge on any atom is 0.481 e. The number of phosphoric ester groups is 2. The van der Waals surface area contributed by atoms with E-state index in [4.69, 9.17) is 20.7 Å². The van der Waals surface area contributed by atoms with Gasteiger partial charge in [-0.05, 0) is 6.07 Å². The van der Waals surface area contributed by atoms with Gasteiger partial charge in [0.2, 0.25) is 0 Å². The van der Waals surface area contributed by atoms with E-state index in [0.29, 0.717) is 0 Å². The molecule has 16 nitrogen and oxygen atoms in total. The molecule has 0 bridgehead atoms. The molecule has 1 fully saturated rings. The predicted molar refractivity (Wildman–Crippen MR) is 94.6 cm³/mol. The van der Waals surface area contributed by atoms with Crippen LogP contribution in [0.25, 0.3) is 0 Å². The lowest BCUT2D eigenvalue weighted by Gasteiger charge is -2.19. The Morgan fingerprint density at radius 1 is 1.23 bits per heavy atom. The van der Waals surface area contributed by atoms with Gasteiger partial charge in [0.15, 0.2) is 6.23 Å². The van der Waals surface area contributed by atoms with Gasteiger partial charge in [-0.25, -0.2) is 13.9 Å². The van der Waals surface area contributed by atoms with Gasteiger partial charge in [-0.2, -0.15) is 9.29 Å². The summed E-state index contributed by atoms with van der Waals surface area (Å²) in [6.07, 6.45) is -6.62. The Balaban J connectivity index is 1.98. The predicted octanol–water partition coefficient (Wildman–Crippen LogP) is -2.95. The van der Waals surface area contributed by atoms with Gasteiger partial charge < -0.3 is 40.7 Å². The highest BCUT2D eigenvalue weighted by Crippen LogP contribution is 2.60. The van der Waals surface area contributed by atoms with Crippen molar-refractivity contribution >= 4 is 21.5 Å². The van der Waals surface area contributed by atoms with Crippen molar-refractivity contribution in [1.82, 2.24) is 9.55 Å². The lowest BCUT2D eigenvalue weighted by Crippen LogP contribution is -2.36. The first-order valence-electron chi connectivity index (χ1n) is 8.16. The van der Waals surface area contributed by atoms with Crippen molar-refractivity contribution < 1.29 is 57.4 Å². The highest BCUT2D eigenvalue weighted by Gasteiger charge is 2.46. The van der Waals surface area contributed by atoms with E-state index < -0.39 is 71.8 Å². The van der Waals surface area contributed by atoms with Gasteiger partial charge >= 0.3 is 21.3 Å². The summed E-state index contributed by atoms with van der Waals surface area (Å²) in [5, 5.41) is 37.7. The van der Waals surface area contributed by atoms with Crippen LogP contribution in [-0.4, -0.2) is 84.0 Å². The molecular weight excluding hydrogens is 456 g/mol. The zero-order valence-electron chi connectivity index (χ0n) is 15.1. The smallest absolute Gasteiger partial charge is 0.394 e. The molecule has 0 saturated carbocycles. The molecule has 1 aliphatic heterocycles. The van der Waals surface area contributed by atoms with E-state index >= 15 is 0 Å². The molecule has 1 saturated heterocycles. The number of hydrogen-bond donors (Lipinski definition) is 7. The first kappa shape index (κ1) is 25.0. The topological polar surface area (TPSA) is 253 Å². The van der Waals surface area contributed by atoms with Gasteiger partial charge in [0.05, 0.1) is 19.8 Å². The summed E-state index contributed by atoms with van der Waals surface area (Å²) < 4.78 is 42.2. The summed E-state index contributed by atoms with van der Waals surface area (Å²) in [5.41, 5.74) is 4.46. The largest absolute Gasteiger partial charge is 0.481 e. The summed E-state index contributed by atoms with van der Waals surface area (Å²) in [5.74, 6) is -0.0929. The van der Waals surface area contributed by atoms with Gasteiger partial charge in [0.25, 0.3) is 0 Å². The fourth-order valence-corrected chi connectivity index (χ4v) is 4.41. The molecule has 0 spiro atoms. The molecule has 0 aliphatic carbocycles. The minimum Gasteiger partial charge on any atom is -0.394 e. The van der Waals surface area contributed by atoms with Crippen LogP contribution in [0.1, 0.15) is 6.23 Å². The minimum atomic E-state index is -5.24. The molecule has 8 N–H and O–H groups in total. The molecular formula is C12H21N3O13P2. The Morgan fingerprint density at radius 3 is 2.47 bits per heavy atom. The highest BCUT2D eigenvalue weighted by atomic mass is 31.3. The summed E-state index contributed by atoms with van der Waals surface area (Å²) in [4.78, 5) is 34.2. The van der Waals surface area contributed by atoms with Gasteiger partial charge in [0, 0.05) is 6.20 Å². The Kier molecular flexibility index (Phi) is 8.26. The summed E-state index contributed by atoms with van der Waals surface area (Å²) in [6, 6.07) is 1.23. The molecule has 0 aromatic carbocycles. The normalized spacial score (nSPS) is 29.3. The summed E-state index contributed by atoms with van der Waals surface area (Å²) in [6.45, 7) is -2.59. The lowest BCUT2D eigenvalue weighted by atomic mass is 10.1. The monoisotopic (exact) mass is 477 g/mol. The van der Waals surface area contributed by atoms with Crippen LogP contribution in [0.4, 0.5) is 5.82 Å². The molecule has 0 radical (unpaired) electrons. The summed E-state index contributed by atoms with van der Waals surface area (Å²) >= 11 is 0. The van der Waals surface area contributed by atoms with Crippen LogP contribution in [0, 0.1) is 0 Å². The minimum absolute atomic E-state index is 0.0929. The Bertz CT molecular complexity index is 881. The maximum absolute atomic E-state index is 11.8. The van der Waals surface area contributed by atoms with Crippen molar-refractivity contribution in [3.63, 3.8) is 0 Å². The molecule has 7 unspecified atom stereocenters. The number of phosphoric acid groups is 2. The zero-order chi connectivity index (χ0) is 22.7. The molecule has 7 atom stereocenters. The van der Waals surface area contributed by atoms with E-state index in [-0.39, 0.29) is 5.82 Å². The number of ether oxygens (including phenoxy) is 1. The van der Waals surface area contributed by atoms with E-state index in [0.717, 1.165) is 10.8 Å². The second-order valence-electron chi connectivity index (χ2n) is 6.04. The van der Waals surface area contributed by atoms with E-state index in [1.165, 1.54) is 6.07 Å².